The van der Waals surface area contributed by atoms with Gasteiger partial charge in [-0.25, -0.2) is 0 Å². The molecular formula is C8H13F2NO3. The molecule has 1 aliphatic rings. The molecule has 82 valence electrons. The highest BCUT2D eigenvalue weighted by atomic mass is 19.3. The lowest BCUT2D eigenvalue weighted by Gasteiger charge is -2.35. The van der Waals surface area contributed by atoms with Gasteiger partial charge in [0.1, 0.15) is 0 Å². The summed E-state index contributed by atoms with van der Waals surface area (Å²) in [6.07, 6.45) is 0. The number of carbonyl (C=O) groups excluding carboxylic acids is 1. The van der Waals surface area contributed by atoms with Crippen LogP contribution in [-0.2, 0) is 9.53 Å². The van der Waals surface area contributed by atoms with Crippen molar-refractivity contribution in [2.75, 3.05) is 26.4 Å². The van der Waals surface area contributed by atoms with E-state index in [4.69, 9.17) is 9.84 Å². The molecule has 1 atom stereocenters. The standard InChI is InChI=1S/C8H13F2NO3/c1-8(9,10)7(13)11-2-3-14-5-6(11)4-12/h6,12H,2-5H2,1H3. The average molecular weight is 209 g/mol. The molecule has 1 fully saturated rings. The van der Waals surface area contributed by atoms with Crippen molar-refractivity contribution < 1.29 is 23.4 Å². The Morgan fingerprint density at radius 3 is 2.86 bits per heavy atom. The first-order valence-corrected chi connectivity index (χ1v) is 4.34. The van der Waals surface area contributed by atoms with E-state index < -0.39 is 17.9 Å². The summed E-state index contributed by atoms with van der Waals surface area (Å²) in [6.45, 7) is 0.644. The summed E-state index contributed by atoms with van der Waals surface area (Å²) in [6, 6.07) is -0.651. The van der Waals surface area contributed by atoms with Crippen LogP contribution in [0.4, 0.5) is 8.78 Å². The molecule has 1 saturated heterocycles. The number of halogens is 2. The van der Waals surface area contributed by atoms with E-state index in [0.717, 1.165) is 4.90 Å². The van der Waals surface area contributed by atoms with Crippen molar-refractivity contribution >= 4 is 5.91 Å². The van der Waals surface area contributed by atoms with Gasteiger partial charge in [0.05, 0.1) is 25.9 Å². The SMILES string of the molecule is CC(F)(F)C(=O)N1CCOCC1CO. The van der Waals surface area contributed by atoms with Crippen molar-refractivity contribution in [3.63, 3.8) is 0 Å². The van der Waals surface area contributed by atoms with Crippen molar-refractivity contribution in [1.29, 1.82) is 0 Å². The molecule has 14 heavy (non-hydrogen) atoms. The van der Waals surface area contributed by atoms with E-state index in [9.17, 15) is 13.6 Å². The van der Waals surface area contributed by atoms with Crippen molar-refractivity contribution in [1.82, 2.24) is 4.90 Å². The molecule has 1 rings (SSSR count). The predicted molar refractivity (Wildman–Crippen MR) is 44.0 cm³/mol. The molecule has 0 aromatic rings. The van der Waals surface area contributed by atoms with E-state index in [1.165, 1.54) is 0 Å². The lowest BCUT2D eigenvalue weighted by atomic mass is 10.2. The fourth-order valence-corrected chi connectivity index (χ4v) is 1.33. The third-order valence-corrected chi connectivity index (χ3v) is 2.07. The first-order chi connectivity index (χ1) is 6.46. The number of nitrogens with zero attached hydrogens (tertiary/aromatic N) is 1. The first kappa shape index (κ1) is 11.3. The van der Waals surface area contributed by atoms with E-state index in [0.29, 0.717) is 6.92 Å². The minimum absolute atomic E-state index is 0.105. The maximum atomic E-state index is 12.7. The van der Waals surface area contributed by atoms with Gasteiger partial charge in [0.15, 0.2) is 0 Å². The molecule has 0 spiro atoms. The first-order valence-electron chi connectivity index (χ1n) is 4.34. The third kappa shape index (κ3) is 2.39. The number of carbonyl (C=O) groups is 1. The topological polar surface area (TPSA) is 49.8 Å². The Balaban J connectivity index is 2.69. The minimum Gasteiger partial charge on any atom is -0.394 e. The molecule has 1 N–H and O–H groups in total. The lowest BCUT2D eigenvalue weighted by Crippen LogP contribution is -2.54. The Morgan fingerprint density at radius 1 is 1.71 bits per heavy atom. The number of amides is 1. The second kappa shape index (κ2) is 4.18. The van der Waals surface area contributed by atoms with Crippen LogP contribution in [0.15, 0.2) is 0 Å². The van der Waals surface area contributed by atoms with Crippen molar-refractivity contribution in [2.24, 2.45) is 0 Å². The summed E-state index contributed by atoms with van der Waals surface area (Å²) in [4.78, 5) is 12.2. The second-order valence-electron chi connectivity index (χ2n) is 3.30. The number of alkyl halides is 2. The highest BCUT2D eigenvalue weighted by Crippen LogP contribution is 2.19. The number of ether oxygens (including phenoxy) is 1. The highest BCUT2D eigenvalue weighted by Gasteiger charge is 2.40. The normalized spacial score (nSPS) is 23.7. The van der Waals surface area contributed by atoms with Crippen LogP contribution in [0.1, 0.15) is 6.92 Å². The predicted octanol–water partition coefficient (Wildman–Crippen LogP) is -0.139. The van der Waals surface area contributed by atoms with Crippen molar-refractivity contribution in [2.45, 2.75) is 18.9 Å². The second-order valence-corrected chi connectivity index (χ2v) is 3.30. The van der Waals surface area contributed by atoms with Gasteiger partial charge >= 0.3 is 5.92 Å². The van der Waals surface area contributed by atoms with Crippen LogP contribution in [-0.4, -0.2) is 54.2 Å². The van der Waals surface area contributed by atoms with E-state index >= 15 is 0 Å². The van der Waals surface area contributed by atoms with Crippen LogP contribution in [0.2, 0.25) is 0 Å². The fourth-order valence-electron chi connectivity index (χ4n) is 1.33. The lowest BCUT2D eigenvalue weighted by molar-refractivity contribution is -0.165. The van der Waals surface area contributed by atoms with Gasteiger partial charge in [0.2, 0.25) is 0 Å². The molecule has 0 aromatic carbocycles. The number of hydrogen-bond acceptors (Lipinski definition) is 3. The minimum atomic E-state index is -3.38. The Bertz CT molecular complexity index is 217. The molecule has 1 heterocycles. The van der Waals surface area contributed by atoms with Crippen LogP contribution in [0.3, 0.4) is 0 Å². The van der Waals surface area contributed by atoms with E-state index in [1.54, 1.807) is 0 Å². The number of aliphatic hydroxyl groups is 1. The molecule has 0 radical (unpaired) electrons. The van der Waals surface area contributed by atoms with Gasteiger partial charge in [-0.15, -0.1) is 0 Å². The molecule has 0 aliphatic carbocycles. The maximum absolute atomic E-state index is 12.7. The van der Waals surface area contributed by atoms with Crippen LogP contribution >= 0.6 is 0 Å². The zero-order chi connectivity index (χ0) is 10.8. The zero-order valence-corrected chi connectivity index (χ0v) is 7.87. The number of morpholine rings is 1. The van der Waals surface area contributed by atoms with Crippen LogP contribution in [0, 0.1) is 0 Å². The summed E-state index contributed by atoms with van der Waals surface area (Å²) < 4.78 is 30.4. The molecule has 1 aliphatic heterocycles. The van der Waals surface area contributed by atoms with Crippen LogP contribution < -0.4 is 0 Å². The van der Waals surface area contributed by atoms with E-state index in [-0.39, 0.29) is 26.4 Å². The Morgan fingerprint density at radius 2 is 2.36 bits per heavy atom. The van der Waals surface area contributed by atoms with Gasteiger partial charge in [-0.1, -0.05) is 0 Å². The summed E-state index contributed by atoms with van der Waals surface area (Å²) >= 11 is 0. The molecule has 1 amide bonds. The molecule has 0 saturated carbocycles. The molecule has 0 bridgehead atoms. The molecule has 1 unspecified atom stereocenters. The van der Waals surface area contributed by atoms with E-state index in [2.05, 4.69) is 0 Å². The summed E-state index contributed by atoms with van der Waals surface area (Å²) in [5.41, 5.74) is 0. The van der Waals surface area contributed by atoms with E-state index in [1.807, 2.05) is 0 Å². The van der Waals surface area contributed by atoms with Crippen LogP contribution in [0.25, 0.3) is 0 Å². The van der Waals surface area contributed by atoms with Gasteiger partial charge < -0.3 is 14.7 Å². The quantitative estimate of drug-likeness (QED) is 0.688. The Labute approximate surface area is 80.4 Å². The van der Waals surface area contributed by atoms with Gasteiger partial charge in [-0.3, -0.25) is 4.79 Å². The smallest absolute Gasteiger partial charge is 0.322 e. The monoisotopic (exact) mass is 209 g/mol. The molecule has 4 nitrogen and oxygen atoms in total. The molecule has 6 heteroatoms. The Kier molecular flexibility index (Phi) is 3.38. The fraction of sp³-hybridized carbons (Fsp3) is 0.875. The largest absolute Gasteiger partial charge is 0.394 e. The third-order valence-electron chi connectivity index (χ3n) is 2.07. The molecular weight excluding hydrogens is 196 g/mol. The van der Waals surface area contributed by atoms with Crippen molar-refractivity contribution in [3.8, 4) is 0 Å². The summed E-state index contributed by atoms with van der Waals surface area (Å²) in [7, 11) is 0. The number of rotatable bonds is 2. The Hall–Kier alpha value is -0.750. The number of hydrogen-bond donors (Lipinski definition) is 1. The van der Waals surface area contributed by atoms with Gasteiger partial charge in [-0.05, 0) is 0 Å². The molecule has 0 aromatic heterocycles. The number of aliphatic hydroxyl groups excluding tert-OH is 1. The zero-order valence-electron chi connectivity index (χ0n) is 7.87. The van der Waals surface area contributed by atoms with Gasteiger partial charge in [0, 0.05) is 13.5 Å². The summed E-state index contributed by atoms with van der Waals surface area (Å²) in [5.74, 6) is -4.63. The maximum Gasteiger partial charge on any atom is 0.322 e. The van der Waals surface area contributed by atoms with Gasteiger partial charge in [0.25, 0.3) is 5.91 Å². The van der Waals surface area contributed by atoms with Crippen molar-refractivity contribution in [3.05, 3.63) is 0 Å². The van der Waals surface area contributed by atoms with Crippen LogP contribution in [0.5, 0.6) is 0 Å². The highest BCUT2D eigenvalue weighted by molar-refractivity contribution is 5.83. The van der Waals surface area contributed by atoms with Gasteiger partial charge in [-0.2, -0.15) is 8.78 Å². The summed E-state index contributed by atoms with van der Waals surface area (Å²) in [5, 5.41) is 8.86. The average Bonchev–Trinajstić information content (AvgIpc) is 2.15.